The van der Waals surface area contributed by atoms with Crippen molar-refractivity contribution in [3.05, 3.63) is 46.3 Å². The summed E-state index contributed by atoms with van der Waals surface area (Å²) in [7, 11) is 0. The molecule has 1 fully saturated rings. The number of aromatic nitrogens is 1. The van der Waals surface area contributed by atoms with Crippen LogP contribution < -0.4 is 4.74 Å². The van der Waals surface area contributed by atoms with E-state index in [-0.39, 0.29) is 11.9 Å². The standard InChI is InChI=1S/C17H17ClN2O3/c1-10-7-13(19-23-10)14-3-2-6-20(14)17(21)16-9-11-8-12(18)4-5-15(11)22-16/h4-5,7-8,14,16H,2-3,6,9H2,1H3. The summed E-state index contributed by atoms with van der Waals surface area (Å²) in [6.07, 6.45) is 1.96. The van der Waals surface area contributed by atoms with Gasteiger partial charge in [0.05, 0.1) is 6.04 Å². The zero-order valence-corrected chi connectivity index (χ0v) is 13.5. The zero-order valence-electron chi connectivity index (χ0n) is 12.8. The summed E-state index contributed by atoms with van der Waals surface area (Å²) in [5, 5.41) is 4.75. The van der Waals surface area contributed by atoms with Crippen molar-refractivity contribution >= 4 is 17.5 Å². The van der Waals surface area contributed by atoms with Crippen LogP contribution in [0.25, 0.3) is 0 Å². The molecule has 0 radical (unpaired) electrons. The van der Waals surface area contributed by atoms with Gasteiger partial charge in [0.2, 0.25) is 0 Å². The Morgan fingerprint density at radius 3 is 3.04 bits per heavy atom. The van der Waals surface area contributed by atoms with Crippen molar-refractivity contribution < 1.29 is 14.1 Å². The van der Waals surface area contributed by atoms with E-state index in [1.54, 1.807) is 6.07 Å². The highest BCUT2D eigenvalue weighted by molar-refractivity contribution is 6.30. The molecule has 2 atom stereocenters. The number of benzene rings is 1. The van der Waals surface area contributed by atoms with Gasteiger partial charge in [-0.15, -0.1) is 0 Å². The lowest BCUT2D eigenvalue weighted by Gasteiger charge is -2.25. The Morgan fingerprint density at radius 2 is 2.26 bits per heavy atom. The van der Waals surface area contributed by atoms with E-state index in [2.05, 4.69) is 5.16 Å². The first-order valence-corrected chi connectivity index (χ1v) is 8.18. The topological polar surface area (TPSA) is 55.6 Å². The molecule has 2 aromatic rings. The van der Waals surface area contributed by atoms with Crippen molar-refractivity contribution in [1.29, 1.82) is 0 Å². The smallest absolute Gasteiger partial charge is 0.264 e. The average Bonchev–Trinajstić information content (AvgIpc) is 3.23. The van der Waals surface area contributed by atoms with Crippen molar-refractivity contribution in [3.63, 3.8) is 0 Å². The Bertz CT molecular complexity index is 758. The van der Waals surface area contributed by atoms with Gasteiger partial charge in [-0.2, -0.15) is 0 Å². The number of hydrogen-bond acceptors (Lipinski definition) is 4. The quantitative estimate of drug-likeness (QED) is 0.846. The maximum atomic E-state index is 12.9. The molecular formula is C17H17ClN2O3. The molecule has 1 aromatic heterocycles. The number of rotatable bonds is 2. The molecule has 0 saturated carbocycles. The fourth-order valence-electron chi connectivity index (χ4n) is 3.42. The van der Waals surface area contributed by atoms with Crippen LogP contribution in [0.3, 0.4) is 0 Å². The molecule has 0 N–H and O–H groups in total. The molecule has 5 nitrogen and oxygen atoms in total. The Morgan fingerprint density at radius 1 is 1.39 bits per heavy atom. The lowest BCUT2D eigenvalue weighted by atomic mass is 10.1. The number of carbonyl (C=O) groups is 1. The third kappa shape index (κ3) is 2.59. The van der Waals surface area contributed by atoms with Gasteiger partial charge < -0.3 is 14.2 Å². The molecule has 23 heavy (non-hydrogen) atoms. The number of amides is 1. The predicted molar refractivity (Wildman–Crippen MR) is 84.5 cm³/mol. The molecule has 4 rings (SSSR count). The number of aryl methyl sites for hydroxylation is 1. The van der Waals surface area contributed by atoms with E-state index in [4.69, 9.17) is 20.9 Å². The van der Waals surface area contributed by atoms with Crippen LogP contribution in [0, 0.1) is 6.92 Å². The first kappa shape index (κ1) is 14.6. The molecule has 1 amide bonds. The Hall–Kier alpha value is -2.01. The highest BCUT2D eigenvalue weighted by Crippen LogP contribution is 2.36. The number of ether oxygens (including phenoxy) is 1. The molecule has 6 heteroatoms. The zero-order chi connectivity index (χ0) is 16.0. The summed E-state index contributed by atoms with van der Waals surface area (Å²) >= 11 is 6.01. The van der Waals surface area contributed by atoms with E-state index in [0.717, 1.165) is 42.2 Å². The van der Waals surface area contributed by atoms with Gasteiger partial charge in [0, 0.05) is 24.1 Å². The molecule has 1 aromatic carbocycles. The van der Waals surface area contributed by atoms with Crippen molar-refractivity contribution in [2.45, 2.75) is 38.3 Å². The summed E-state index contributed by atoms with van der Waals surface area (Å²) in [4.78, 5) is 14.8. The Kier molecular flexibility index (Phi) is 3.53. The van der Waals surface area contributed by atoms with E-state index in [9.17, 15) is 4.79 Å². The van der Waals surface area contributed by atoms with Crippen molar-refractivity contribution in [1.82, 2.24) is 10.1 Å². The molecule has 2 aliphatic rings. The molecule has 0 aliphatic carbocycles. The first-order chi connectivity index (χ1) is 11.1. The molecule has 2 unspecified atom stereocenters. The van der Waals surface area contributed by atoms with E-state index in [0.29, 0.717) is 11.4 Å². The van der Waals surface area contributed by atoms with Crippen LogP contribution in [-0.2, 0) is 11.2 Å². The van der Waals surface area contributed by atoms with Gasteiger partial charge in [-0.1, -0.05) is 16.8 Å². The predicted octanol–water partition coefficient (Wildman–Crippen LogP) is 3.30. The summed E-state index contributed by atoms with van der Waals surface area (Å²) in [5.41, 5.74) is 1.82. The Balaban J connectivity index is 1.53. The van der Waals surface area contributed by atoms with Gasteiger partial charge in [-0.25, -0.2) is 0 Å². The number of hydrogen-bond donors (Lipinski definition) is 0. The minimum Gasteiger partial charge on any atom is -0.480 e. The van der Waals surface area contributed by atoms with Crippen LogP contribution in [0.1, 0.15) is 35.9 Å². The van der Waals surface area contributed by atoms with Crippen LogP contribution in [-0.4, -0.2) is 28.6 Å². The number of likely N-dealkylation sites (tertiary alicyclic amines) is 1. The second kappa shape index (κ2) is 5.57. The molecule has 2 aliphatic heterocycles. The maximum absolute atomic E-state index is 12.9. The summed E-state index contributed by atoms with van der Waals surface area (Å²) < 4.78 is 11.0. The van der Waals surface area contributed by atoms with E-state index < -0.39 is 6.10 Å². The summed E-state index contributed by atoms with van der Waals surface area (Å²) in [6.45, 7) is 2.59. The third-order valence-electron chi connectivity index (χ3n) is 4.50. The van der Waals surface area contributed by atoms with E-state index in [1.165, 1.54) is 0 Å². The van der Waals surface area contributed by atoms with Gasteiger partial charge in [0.1, 0.15) is 17.2 Å². The lowest BCUT2D eigenvalue weighted by molar-refractivity contribution is -0.139. The second-order valence-electron chi connectivity index (χ2n) is 6.11. The summed E-state index contributed by atoms with van der Waals surface area (Å²) in [6, 6.07) is 7.36. The van der Waals surface area contributed by atoms with Gasteiger partial charge in [0.15, 0.2) is 6.10 Å². The number of fused-ring (bicyclic) bond motifs is 1. The van der Waals surface area contributed by atoms with Crippen molar-refractivity contribution in [2.75, 3.05) is 6.54 Å². The minimum atomic E-state index is -0.475. The van der Waals surface area contributed by atoms with Crippen molar-refractivity contribution in [2.24, 2.45) is 0 Å². The van der Waals surface area contributed by atoms with Crippen LogP contribution in [0.2, 0.25) is 5.02 Å². The SMILES string of the molecule is Cc1cc(C2CCCN2C(=O)C2Cc3cc(Cl)ccc3O2)no1. The van der Waals surface area contributed by atoms with Gasteiger partial charge in [0.25, 0.3) is 5.91 Å². The van der Waals surface area contributed by atoms with Gasteiger partial charge in [-0.3, -0.25) is 4.79 Å². The Labute approximate surface area is 139 Å². The van der Waals surface area contributed by atoms with Crippen LogP contribution in [0.15, 0.2) is 28.8 Å². The fourth-order valence-corrected chi connectivity index (χ4v) is 3.62. The average molecular weight is 333 g/mol. The number of halogens is 1. The third-order valence-corrected chi connectivity index (χ3v) is 4.73. The highest BCUT2D eigenvalue weighted by Gasteiger charge is 2.39. The lowest BCUT2D eigenvalue weighted by Crippen LogP contribution is -2.41. The first-order valence-electron chi connectivity index (χ1n) is 7.80. The molecule has 120 valence electrons. The monoisotopic (exact) mass is 332 g/mol. The van der Waals surface area contributed by atoms with E-state index in [1.807, 2.05) is 30.0 Å². The molecule has 3 heterocycles. The van der Waals surface area contributed by atoms with Gasteiger partial charge >= 0.3 is 0 Å². The normalized spacial score (nSPS) is 23.0. The maximum Gasteiger partial charge on any atom is 0.264 e. The van der Waals surface area contributed by atoms with Crippen LogP contribution >= 0.6 is 11.6 Å². The van der Waals surface area contributed by atoms with Crippen LogP contribution in [0.5, 0.6) is 5.75 Å². The molecule has 1 saturated heterocycles. The second-order valence-corrected chi connectivity index (χ2v) is 6.55. The van der Waals surface area contributed by atoms with E-state index >= 15 is 0 Å². The van der Waals surface area contributed by atoms with Crippen molar-refractivity contribution in [3.8, 4) is 5.75 Å². The number of carbonyl (C=O) groups excluding carboxylic acids is 1. The molecular weight excluding hydrogens is 316 g/mol. The minimum absolute atomic E-state index is 0.0143. The summed E-state index contributed by atoms with van der Waals surface area (Å²) in [5.74, 6) is 1.53. The van der Waals surface area contributed by atoms with Gasteiger partial charge in [-0.05, 0) is 43.5 Å². The fraction of sp³-hybridized carbons (Fsp3) is 0.412. The molecule has 0 spiro atoms. The number of nitrogens with zero attached hydrogens (tertiary/aromatic N) is 2. The largest absolute Gasteiger partial charge is 0.480 e. The van der Waals surface area contributed by atoms with Crippen LogP contribution in [0.4, 0.5) is 0 Å². The molecule has 0 bridgehead atoms. The highest BCUT2D eigenvalue weighted by atomic mass is 35.5.